The van der Waals surface area contributed by atoms with Crippen LogP contribution in [0.25, 0.3) is 0 Å². The van der Waals surface area contributed by atoms with E-state index in [1.807, 2.05) is 18.2 Å². The number of benzene rings is 2. The van der Waals surface area contributed by atoms with Gasteiger partial charge in [0.2, 0.25) is 0 Å². The molecule has 22 heavy (non-hydrogen) atoms. The number of aryl methyl sites for hydroxylation is 2. The van der Waals surface area contributed by atoms with Crippen LogP contribution in [0, 0.1) is 0 Å². The first-order chi connectivity index (χ1) is 10.7. The molecule has 0 saturated heterocycles. The average molecular weight is 297 g/mol. The van der Waals surface area contributed by atoms with Gasteiger partial charge in [0.25, 0.3) is 0 Å². The Hall–Kier alpha value is -2.33. The number of methoxy groups -OCH3 is 1. The fourth-order valence-corrected chi connectivity index (χ4v) is 2.37. The Morgan fingerprint density at radius 3 is 2.32 bits per heavy atom. The van der Waals surface area contributed by atoms with E-state index >= 15 is 0 Å². The molecule has 0 fully saturated rings. The maximum Gasteiger partial charge on any atom is 0.125 e. The smallest absolute Gasteiger partial charge is 0.125 e. The van der Waals surface area contributed by atoms with Crippen molar-refractivity contribution in [3.8, 4) is 5.75 Å². The summed E-state index contributed by atoms with van der Waals surface area (Å²) in [5, 5.41) is 0. The monoisotopic (exact) mass is 297 g/mol. The SMILES string of the molecule is CN=C(N)c1ccc(CCc2ccc(CN)cc2OC)cc1. The third-order valence-electron chi connectivity index (χ3n) is 3.76. The van der Waals surface area contributed by atoms with Crippen molar-refractivity contribution in [3.63, 3.8) is 0 Å². The highest BCUT2D eigenvalue weighted by Crippen LogP contribution is 2.22. The first-order valence-corrected chi connectivity index (χ1v) is 7.35. The molecule has 0 unspecified atom stereocenters. The normalized spacial score (nSPS) is 11.5. The molecule has 0 heterocycles. The van der Waals surface area contributed by atoms with Crippen molar-refractivity contribution in [2.45, 2.75) is 19.4 Å². The first-order valence-electron chi connectivity index (χ1n) is 7.35. The first kappa shape index (κ1) is 16.0. The van der Waals surface area contributed by atoms with Crippen LogP contribution in [0.4, 0.5) is 0 Å². The summed E-state index contributed by atoms with van der Waals surface area (Å²) in [4.78, 5) is 3.99. The molecule has 0 spiro atoms. The highest BCUT2D eigenvalue weighted by molar-refractivity contribution is 5.97. The lowest BCUT2D eigenvalue weighted by atomic mass is 10.0. The van der Waals surface area contributed by atoms with Gasteiger partial charge in [0.15, 0.2) is 0 Å². The second-order valence-electron chi connectivity index (χ2n) is 5.16. The number of amidine groups is 1. The zero-order valence-electron chi connectivity index (χ0n) is 13.2. The van der Waals surface area contributed by atoms with Crippen LogP contribution in [0.3, 0.4) is 0 Å². The Morgan fingerprint density at radius 1 is 1.05 bits per heavy atom. The lowest BCUT2D eigenvalue weighted by molar-refractivity contribution is 0.409. The largest absolute Gasteiger partial charge is 0.496 e. The molecular formula is C18H23N3O. The van der Waals surface area contributed by atoms with Crippen molar-refractivity contribution in [2.75, 3.05) is 14.2 Å². The number of ether oxygens (including phenoxy) is 1. The molecule has 4 nitrogen and oxygen atoms in total. The standard InChI is InChI=1S/C18H23N3O/c1-21-18(20)16-9-4-13(5-10-16)3-7-15-8-6-14(12-19)11-17(15)22-2/h4-6,8-11H,3,7,12,19H2,1-2H3,(H2,20,21). The van der Waals surface area contributed by atoms with Gasteiger partial charge >= 0.3 is 0 Å². The summed E-state index contributed by atoms with van der Waals surface area (Å²) >= 11 is 0. The van der Waals surface area contributed by atoms with Gasteiger partial charge in [0.1, 0.15) is 11.6 Å². The Kier molecular flexibility index (Phi) is 5.55. The van der Waals surface area contributed by atoms with Crippen molar-refractivity contribution in [3.05, 3.63) is 64.7 Å². The molecule has 0 saturated carbocycles. The third-order valence-corrected chi connectivity index (χ3v) is 3.76. The summed E-state index contributed by atoms with van der Waals surface area (Å²) in [6, 6.07) is 14.4. The molecule has 4 heteroatoms. The Balaban J connectivity index is 2.07. The summed E-state index contributed by atoms with van der Waals surface area (Å²) in [5.41, 5.74) is 16.0. The molecule has 0 bridgehead atoms. The molecule has 2 aromatic carbocycles. The lowest BCUT2D eigenvalue weighted by Crippen LogP contribution is -2.12. The van der Waals surface area contributed by atoms with Crippen LogP contribution in [-0.4, -0.2) is 20.0 Å². The summed E-state index contributed by atoms with van der Waals surface area (Å²) in [7, 11) is 3.39. The van der Waals surface area contributed by atoms with E-state index in [1.165, 1.54) is 11.1 Å². The van der Waals surface area contributed by atoms with Crippen molar-refractivity contribution in [1.82, 2.24) is 0 Å². The minimum absolute atomic E-state index is 0.526. The van der Waals surface area contributed by atoms with E-state index in [0.29, 0.717) is 12.4 Å². The molecule has 0 aliphatic heterocycles. The molecule has 0 amide bonds. The van der Waals surface area contributed by atoms with Crippen LogP contribution in [0.2, 0.25) is 0 Å². The topological polar surface area (TPSA) is 73.6 Å². The fraction of sp³-hybridized carbons (Fsp3) is 0.278. The molecule has 2 aromatic rings. The van der Waals surface area contributed by atoms with E-state index in [9.17, 15) is 0 Å². The molecule has 0 aromatic heterocycles. The van der Waals surface area contributed by atoms with E-state index in [2.05, 4.69) is 29.3 Å². The number of rotatable bonds is 6. The quantitative estimate of drug-likeness (QED) is 0.634. The van der Waals surface area contributed by atoms with Gasteiger partial charge in [0, 0.05) is 19.2 Å². The second-order valence-corrected chi connectivity index (χ2v) is 5.16. The summed E-state index contributed by atoms with van der Waals surface area (Å²) in [6.45, 7) is 0.526. The zero-order valence-corrected chi connectivity index (χ0v) is 13.2. The summed E-state index contributed by atoms with van der Waals surface area (Å²) < 4.78 is 5.45. The molecule has 4 N–H and O–H groups in total. The van der Waals surface area contributed by atoms with Crippen LogP contribution < -0.4 is 16.2 Å². The Labute approximate surface area is 131 Å². The molecule has 0 aliphatic carbocycles. The molecular weight excluding hydrogens is 274 g/mol. The molecule has 116 valence electrons. The highest BCUT2D eigenvalue weighted by Gasteiger charge is 2.05. The predicted molar refractivity (Wildman–Crippen MR) is 91.4 cm³/mol. The third kappa shape index (κ3) is 3.86. The second kappa shape index (κ2) is 7.61. The zero-order chi connectivity index (χ0) is 15.9. The van der Waals surface area contributed by atoms with Gasteiger partial charge in [-0.25, -0.2) is 0 Å². The molecule has 0 atom stereocenters. The summed E-state index contributed by atoms with van der Waals surface area (Å²) in [6.07, 6.45) is 1.87. The van der Waals surface area contributed by atoms with Gasteiger partial charge < -0.3 is 16.2 Å². The van der Waals surface area contributed by atoms with E-state index < -0.39 is 0 Å². The van der Waals surface area contributed by atoms with Crippen LogP contribution in [-0.2, 0) is 19.4 Å². The fourth-order valence-electron chi connectivity index (χ4n) is 2.37. The van der Waals surface area contributed by atoms with E-state index in [-0.39, 0.29) is 0 Å². The molecule has 0 aliphatic rings. The van der Waals surface area contributed by atoms with Crippen LogP contribution in [0.15, 0.2) is 47.5 Å². The Morgan fingerprint density at radius 2 is 1.73 bits per heavy atom. The minimum Gasteiger partial charge on any atom is -0.496 e. The number of nitrogens with two attached hydrogens (primary N) is 2. The van der Waals surface area contributed by atoms with Gasteiger partial charge in [-0.05, 0) is 35.6 Å². The Bertz CT molecular complexity index is 648. The van der Waals surface area contributed by atoms with E-state index in [1.54, 1.807) is 14.2 Å². The van der Waals surface area contributed by atoms with Gasteiger partial charge in [-0.1, -0.05) is 36.4 Å². The van der Waals surface area contributed by atoms with Gasteiger partial charge in [-0.15, -0.1) is 0 Å². The van der Waals surface area contributed by atoms with Gasteiger partial charge in [-0.2, -0.15) is 0 Å². The van der Waals surface area contributed by atoms with E-state index in [0.717, 1.165) is 29.7 Å². The maximum absolute atomic E-state index is 5.80. The predicted octanol–water partition coefficient (Wildman–Crippen LogP) is 2.27. The van der Waals surface area contributed by atoms with Crippen LogP contribution in [0.5, 0.6) is 5.75 Å². The van der Waals surface area contributed by atoms with Crippen molar-refractivity contribution < 1.29 is 4.74 Å². The van der Waals surface area contributed by atoms with Gasteiger partial charge in [-0.3, -0.25) is 4.99 Å². The number of hydrogen-bond donors (Lipinski definition) is 2. The van der Waals surface area contributed by atoms with Crippen molar-refractivity contribution >= 4 is 5.84 Å². The molecule has 0 radical (unpaired) electrons. The van der Waals surface area contributed by atoms with Crippen molar-refractivity contribution in [2.24, 2.45) is 16.5 Å². The average Bonchev–Trinajstić information content (AvgIpc) is 2.59. The van der Waals surface area contributed by atoms with Crippen LogP contribution >= 0.6 is 0 Å². The van der Waals surface area contributed by atoms with Crippen LogP contribution in [0.1, 0.15) is 22.3 Å². The van der Waals surface area contributed by atoms with Crippen molar-refractivity contribution in [1.29, 1.82) is 0 Å². The highest BCUT2D eigenvalue weighted by atomic mass is 16.5. The molecule has 2 rings (SSSR count). The number of hydrogen-bond acceptors (Lipinski definition) is 3. The maximum atomic E-state index is 5.80. The summed E-state index contributed by atoms with van der Waals surface area (Å²) in [5.74, 6) is 1.47. The van der Waals surface area contributed by atoms with Gasteiger partial charge in [0.05, 0.1) is 7.11 Å². The minimum atomic E-state index is 0.526. The van der Waals surface area contributed by atoms with E-state index in [4.69, 9.17) is 16.2 Å². The lowest BCUT2D eigenvalue weighted by Gasteiger charge is -2.10. The number of nitrogens with zero attached hydrogens (tertiary/aromatic N) is 1. The number of aliphatic imine (C=N–C) groups is 1.